The van der Waals surface area contributed by atoms with Gasteiger partial charge in [-0.2, -0.15) is 0 Å². The van der Waals surface area contributed by atoms with E-state index in [1.807, 2.05) is 19.9 Å². The summed E-state index contributed by atoms with van der Waals surface area (Å²) in [6, 6.07) is 6.18. The van der Waals surface area contributed by atoms with Gasteiger partial charge in [0.15, 0.2) is 0 Å². The smallest absolute Gasteiger partial charge is 0.277 e. The van der Waals surface area contributed by atoms with Crippen LogP contribution in [-0.4, -0.2) is 32.9 Å². The van der Waals surface area contributed by atoms with Crippen LogP contribution >= 0.6 is 0 Å². The van der Waals surface area contributed by atoms with E-state index in [0.717, 1.165) is 12.8 Å². The van der Waals surface area contributed by atoms with Crippen LogP contribution in [0.2, 0.25) is 0 Å². The lowest BCUT2D eigenvalue weighted by molar-refractivity contribution is -0.308. The Hall–Kier alpha value is -2.77. The maximum absolute atomic E-state index is 12.6. The van der Waals surface area contributed by atoms with Crippen molar-refractivity contribution in [3.8, 4) is 0 Å². The number of rotatable bonds is 7. The molecule has 29 heavy (non-hydrogen) atoms. The number of carboxylic acid groups (broad SMARTS) is 1. The van der Waals surface area contributed by atoms with Crippen molar-refractivity contribution in [3.63, 3.8) is 0 Å². The van der Waals surface area contributed by atoms with Crippen LogP contribution in [0.15, 0.2) is 29.1 Å². The van der Waals surface area contributed by atoms with Crippen LogP contribution in [0, 0.1) is 17.8 Å². The molecule has 8 heteroatoms. The van der Waals surface area contributed by atoms with Gasteiger partial charge in [-0.3, -0.25) is 9.59 Å². The van der Waals surface area contributed by atoms with Crippen LogP contribution in [-0.2, 0) is 16.1 Å². The highest BCUT2D eigenvalue weighted by atomic mass is 16.4. The van der Waals surface area contributed by atoms with E-state index in [4.69, 9.17) is 0 Å². The molecule has 1 N–H and O–H groups in total. The maximum Gasteiger partial charge on any atom is 0.277 e. The normalized spacial score (nSPS) is 20.5. The highest BCUT2D eigenvalue weighted by molar-refractivity contribution is 5.84. The van der Waals surface area contributed by atoms with Gasteiger partial charge in [-0.1, -0.05) is 31.2 Å². The number of carboxylic acids is 1. The molecule has 8 nitrogen and oxygen atoms in total. The van der Waals surface area contributed by atoms with Gasteiger partial charge >= 0.3 is 0 Å². The monoisotopic (exact) mass is 399 g/mol. The molecule has 0 unspecified atom stereocenters. The highest BCUT2D eigenvalue weighted by Crippen LogP contribution is 2.30. The minimum absolute atomic E-state index is 0.148. The maximum atomic E-state index is 12.6. The van der Waals surface area contributed by atoms with Crippen LogP contribution in [0.1, 0.15) is 46.0 Å². The number of nitrogens with one attached hydrogen (secondary N) is 1. The topological polar surface area (TPSA) is 117 Å². The number of aromatic nitrogens is 3. The number of aliphatic carboxylic acids is 1. The van der Waals surface area contributed by atoms with Crippen LogP contribution in [0.4, 0.5) is 0 Å². The predicted octanol–water partition coefficient (Wildman–Crippen LogP) is 0.879. The minimum atomic E-state index is -1.24. The minimum Gasteiger partial charge on any atom is -0.548 e. The van der Waals surface area contributed by atoms with Gasteiger partial charge in [-0.05, 0) is 56.1 Å². The summed E-state index contributed by atoms with van der Waals surface area (Å²) >= 11 is 0. The number of carbonyl (C=O) groups is 2. The lowest BCUT2D eigenvalue weighted by Crippen LogP contribution is -2.50. The van der Waals surface area contributed by atoms with Crippen molar-refractivity contribution in [2.24, 2.45) is 17.8 Å². The Kier molecular flexibility index (Phi) is 6.61. The molecule has 0 aliphatic heterocycles. The quantitative estimate of drug-likeness (QED) is 0.739. The summed E-state index contributed by atoms with van der Waals surface area (Å²) in [5, 5.41) is 22.6. The third-order valence-corrected chi connectivity index (χ3v) is 5.59. The molecule has 1 aliphatic rings. The molecule has 1 atom stereocenters. The summed E-state index contributed by atoms with van der Waals surface area (Å²) in [6.45, 7) is 4.29. The molecule has 0 saturated heterocycles. The molecule has 0 radical (unpaired) electrons. The molecule has 1 heterocycles. The Bertz CT molecular complexity index is 932. The Morgan fingerprint density at radius 3 is 2.55 bits per heavy atom. The lowest BCUT2D eigenvalue weighted by atomic mass is 9.81. The molecule has 1 fully saturated rings. The van der Waals surface area contributed by atoms with Gasteiger partial charge in [0.1, 0.15) is 5.52 Å². The van der Waals surface area contributed by atoms with Crippen molar-refractivity contribution in [2.75, 3.05) is 0 Å². The molecule has 1 aromatic heterocycles. The first-order valence-electron chi connectivity index (χ1n) is 10.2. The van der Waals surface area contributed by atoms with E-state index in [9.17, 15) is 19.5 Å². The van der Waals surface area contributed by atoms with E-state index in [1.54, 1.807) is 18.2 Å². The second kappa shape index (κ2) is 9.15. The Morgan fingerprint density at radius 1 is 1.21 bits per heavy atom. The van der Waals surface area contributed by atoms with Crippen LogP contribution in [0.3, 0.4) is 0 Å². The van der Waals surface area contributed by atoms with Gasteiger partial charge in [0.2, 0.25) is 5.91 Å². The second-order valence-corrected chi connectivity index (χ2v) is 8.32. The average molecular weight is 399 g/mol. The lowest BCUT2D eigenvalue weighted by Gasteiger charge is -2.30. The second-order valence-electron chi connectivity index (χ2n) is 8.32. The fourth-order valence-electron chi connectivity index (χ4n) is 3.97. The van der Waals surface area contributed by atoms with Crippen molar-refractivity contribution in [1.29, 1.82) is 0 Å². The Balaban J connectivity index is 1.56. The zero-order chi connectivity index (χ0) is 21.0. The van der Waals surface area contributed by atoms with E-state index >= 15 is 0 Å². The van der Waals surface area contributed by atoms with Gasteiger partial charge in [0.05, 0.1) is 17.4 Å². The van der Waals surface area contributed by atoms with Gasteiger partial charge in [0.25, 0.3) is 5.56 Å². The predicted molar refractivity (Wildman–Crippen MR) is 106 cm³/mol. The van der Waals surface area contributed by atoms with Crippen molar-refractivity contribution in [2.45, 2.75) is 58.5 Å². The molecular weight excluding hydrogens is 372 g/mol. The number of amides is 1. The molecule has 0 spiro atoms. The fourth-order valence-corrected chi connectivity index (χ4v) is 3.97. The molecule has 0 bridgehead atoms. The van der Waals surface area contributed by atoms with Crippen LogP contribution < -0.4 is 16.0 Å². The van der Waals surface area contributed by atoms with Crippen LogP contribution in [0.5, 0.6) is 0 Å². The van der Waals surface area contributed by atoms with E-state index in [1.165, 1.54) is 4.68 Å². The number of hydrogen-bond donors (Lipinski definition) is 1. The van der Waals surface area contributed by atoms with Crippen molar-refractivity contribution >= 4 is 22.8 Å². The number of benzene rings is 1. The fraction of sp³-hybridized carbons (Fsp3) is 0.571. The molecule has 1 saturated carbocycles. The molecular formula is C21H27N4O4-. The molecule has 156 valence electrons. The SMILES string of the molecule is CC(C)C[C@H](NC(=O)C1CCC(Cn2nnc3ccccc3c2=O)CC1)C(=O)[O-]. The molecule has 1 aliphatic carbocycles. The molecule has 1 aromatic carbocycles. The first-order valence-corrected chi connectivity index (χ1v) is 10.2. The van der Waals surface area contributed by atoms with Gasteiger partial charge < -0.3 is 15.2 Å². The van der Waals surface area contributed by atoms with E-state index < -0.39 is 12.0 Å². The summed E-state index contributed by atoms with van der Waals surface area (Å²) in [5.74, 6) is -1.29. The standard InChI is InChI=1S/C21H28N4O4/c1-13(2)11-18(21(28)29)22-19(26)15-9-7-14(8-10-15)12-25-20(27)16-5-3-4-6-17(16)23-24-25/h3-6,13-15,18H,7-12H2,1-2H3,(H,22,26)(H,28,29)/p-1/t14?,15?,18-/m0/s1. The number of carbonyl (C=O) groups excluding carboxylic acids is 2. The zero-order valence-electron chi connectivity index (χ0n) is 16.8. The van der Waals surface area contributed by atoms with E-state index in [0.29, 0.717) is 36.7 Å². The molecule has 2 aromatic rings. The number of hydrogen-bond acceptors (Lipinski definition) is 6. The summed E-state index contributed by atoms with van der Waals surface area (Å²) in [6.07, 6.45) is 3.23. The Morgan fingerprint density at radius 2 is 1.90 bits per heavy atom. The first kappa shape index (κ1) is 21.0. The third kappa shape index (κ3) is 5.19. The van der Waals surface area contributed by atoms with Crippen molar-refractivity contribution in [3.05, 3.63) is 34.6 Å². The number of nitrogens with zero attached hydrogens (tertiary/aromatic N) is 3. The Labute approximate surface area is 169 Å². The summed E-state index contributed by atoms with van der Waals surface area (Å²) in [7, 11) is 0. The number of fused-ring (bicyclic) bond motifs is 1. The largest absolute Gasteiger partial charge is 0.548 e. The van der Waals surface area contributed by atoms with Gasteiger partial charge in [-0.15, -0.1) is 5.10 Å². The van der Waals surface area contributed by atoms with E-state index in [2.05, 4.69) is 15.6 Å². The first-order chi connectivity index (χ1) is 13.8. The van der Waals surface area contributed by atoms with E-state index in [-0.39, 0.29) is 29.2 Å². The highest BCUT2D eigenvalue weighted by Gasteiger charge is 2.28. The van der Waals surface area contributed by atoms with Crippen molar-refractivity contribution < 1.29 is 14.7 Å². The summed E-state index contributed by atoms with van der Waals surface area (Å²) in [5.41, 5.74) is 0.430. The van der Waals surface area contributed by atoms with Crippen molar-refractivity contribution in [1.82, 2.24) is 20.3 Å². The van der Waals surface area contributed by atoms with Gasteiger partial charge in [-0.25, -0.2) is 4.68 Å². The molecule has 1 amide bonds. The average Bonchev–Trinajstić information content (AvgIpc) is 2.70. The molecule has 3 rings (SSSR count). The van der Waals surface area contributed by atoms with Crippen LogP contribution in [0.25, 0.3) is 10.9 Å². The zero-order valence-corrected chi connectivity index (χ0v) is 16.8. The summed E-state index contributed by atoms with van der Waals surface area (Å²) < 4.78 is 1.40. The summed E-state index contributed by atoms with van der Waals surface area (Å²) in [4.78, 5) is 36.3. The van der Waals surface area contributed by atoms with Gasteiger partial charge in [0, 0.05) is 12.5 Å². The third-order valence-electron chi connectivity index (χ3n) is 5.59.